The lowest BCUT2D eigenvalue weighted by Crippen LogP contribution is -2.22. The molecule has 0 aliphatic rings. The molecule has 2 aromatic rings. The van der Waals surface area contributed by atoms with Crippen LogP contribution in [0.5, 0.6) is 0 Å². The van der Waals surface area contributed by atoms with Crippen LogP contribution in [0.15, 0.2) is 41.2 Å². The molecule has 0 atom stereocenters. The lowest BCUT2D eigenvalue weighted by Gasteiger charge is -2.13. The number of pyridine rings is 1. The van der Waals surface area contributed by atoms with Crippen molar-refractivity contribution in [3.8, 4) is 0 Å². The largest absolute Gasteiger partial charge is 0.318 e. The van der Waals surface area contributed by atoms with Gasteiger partial charge >= 0.3 is 0 Å². The SMILES string of the molecule is Cc1cccc(=O)n1Cc1cccc([N+](=O)[O-])c1NN. The predicted molar refractivity (Wildman–Crippen MR) is 75.4 cm³/mol. The minimum Gasteiger partial charge on any atom is -0.318 e. The van der Waals surface area contributed by atoms with Crippen molar-refractivity contribution in [1.29, 1.82) is 0 Å². The number of benzene rings is 1. The summed E-state index contributed by atoms with van der Waals surface area (Å²) in [6.45, 7) is 2.01. The van der Waals surface area contributed by atoms with E-state index in [1.54, 1.807) is 31.2 Å². The van der Waals surface area contributed by atoms with E-state index >= 15 is 0 Å². The van der Waals surface area contributed by atoms with Crippen LogP contribution in [0.1, 0.15) is 11.3 Å². The molecule has 20 heavy (non-hydrogen) atoms. The van der Waals surface area contributed by atoms with Gasteiger partial charge in [-0.15, -0.1) is 0 Å². The highest BCUT2D eigenvalue weighted by Gasteiger charge is 2.17. The van der Waals surface area contributed by atoms with E-state index in [1.807, 2.05) is 0 Å². The zero-order valence-electron chi connectivity index (χ0n) is 10.9. The summed E-state index contributed by atoms with van der Waals surface area (Å²) in [7, 11) is 0. The van der Waals surface area contributed by atoms with Crippen LogP contribution in [0, 0.1) is 17.0 Å². The monoisotopic (exact) mass is 274 g/mol. The predicted octanol–water partition coefficient (Wildman–Crippen LogP) is 1.40. The van der Waals surface area contributed by atoms with Gasteiger partial charge in [0.05, 0.1) is 11.5 Å². The second-order valence-electron chi connectivity index (χ2n) is 4.30. The van der Waals surface area contributed by atoms with Gasteiger partial charge in [-0.1, -0.05) is 18.2 Å². The van der Waals surface area contributed by atoms with Gasteiger partial charge in [0.1, 0.15) is 5.69 Å². The fourth-order valence-corrected chi connectivity index (χ4v) is 2.03. The van der Waals surface area contributed by atoms with E-state index in [2.05, 4.69) is 5.43 Å². The van der Waals surface area contributed by atoms with Crippen LogP contribution in [0.25, 0.3) is 0 Å². The van der Waals surface area contributed by atoms with Gasteiger partial charge in [-0.05, 0) is 13.0 Å². The average molecular weight is 274 g/mol. The number of nitrogens with one attached hydrogen (secondary N) is 1. The highest BCUT2D eigenvalue weighted by molar-refractivity contribution is 5.65. The first-order valence-corrected chi connectivity index (χ1v) is 5.94. The van der Waals surface area contributed by atoms with Gasteiger partial charge in [0, 0.05) is 23.4 Å². The number of rotatable bonds is 4. The van der Waals surface area contributed by atoms with Crippen molar-refractivity contribution in [1.82, 2.24) is 4.57 Å². The Morgan fingerprint density at radius 2 is 2.00 bits per heavy atom. The van der Waals surface area contributed by atoms with Gasteiger partial charge < -0.3 is 9.99 Å². The van der Waals surface area contributed by atoms with Crippen LogP contribution in [-0.4, -0.2) is 9.49 Å². The first-order valence-electron chi connectivity index (χ1n) is 5.94. The van der Waals surface area contributed by atoms with Crippen molar-refractivity contribution in [2.24, 2.45) is 5.84 Å². The molecule has 7 nitrogen and oxygen atoms in total. The zero-order valence-corrected chi connectivity index (χ0v) is 10.9. The summed E-state index contributed by atoms with van der Waals surface area (Å²) in [5.41, 5.74) is 3.63. The van der Waals surface area contributed by atoms with Crippen molar-refractivity contribution in [2.75, 3.05) is 5.43 Å². The lowest BCUT2D eigenvalue weighted by atomic mass is 10.1. The van der Waals surface area contributed by atoms with Crippen LogP contribution in [-0.2, 0) is 6.54 Å². The maximum Gasteiger partial charge on any atom is 0.293 e. The minimum atomic E-state index is -0.515. The van der Waals surface area contributed by atoms with Gasteiger partial charge in [0.15, 0.2) is 0 Å². The molecular formula is C13H14N4O3. The van der Waals surface area contributed by atoms with Crippen molar-refractivity contribution >= 4 is 11.4 Å². The molecular weight excluding hydrogens is 260 g/mol. The van der Waals surface area contributed by atoms with E-state index in [-0.39, 0.29) is 23.5 Å². The fourth-order valence-electron chi connectivity index (χ4n) is 2.03. The Kier molecular flexibility index (Phi) is 3.81. The summed E-state index contributed by atoms with van der Waals surface area (Å²) in [4.78, 5) is 22.3. The lowest BCUT2D eigenvalue weighted by molar-refractivity contribution is -0.384. The Balaban J connectivity index is 2.52. The maximum absolute atomic E-state index is 11.8. The number of para-hydroxylation sites is 1. The molecule has 7 heteroatoms. The van der Waals surface area contributed by atoms with Gasteiger partial charge in [0.2, 0.25) is 0 Å². The van der Waals surface area contributed by atoms with Gasteiger partial charge in [-0.2, -0.15) is 0 Å². The smallest absolute Gasteiger partial charge is 0.293 e. The number of nitro benzene ring substituents is 1. The maximum atomic E-state index is 11.8. The Bertz CT molecular complexity index is 709. The fraction of sp³-hybridized carbons (Fsp3) is 0.154. The summed E-state index contributed by atoms with van der Waals surface area (Å²) in [6, 6.07) is 9.54. The highest BCUT2D eigenvalue weighted by Crippen LogP contribution is 2.27. The van der Waals surface area contributed by atoms with Gasteiger partial charge in [0.25, 0.3) is 11.2 Å². The van der Waals surface area contributed by atoms with E-state index in [9.17, 15) is 14.9 Å². The van der Waals surface area contributed by atoms with E-state index < -0.39 is 4.92 Å². The molecule has 2 rings (SSSR count). The minimum absolute atomic E-state index is 0.119. The molecule has 1 aromatic carbocycles. The van der Waals surface area contributed by atoms with Crippen molar-refractivity contribution in [2.45, 2.75) is 13.5 Å². The summed E-state index contributed by atoms with van der Waals surface area (Å²) in [5.74, 6) is 5.38. The van der Waals surface area contributed by atoms with E-state index in [0.717, 1.165) is 5.69 Å². The van der Waals surface area contributed by atoms with E-state index in [1.165, 1.54) is 16.7 Å². The number of aryl methyl sites for hydroxylation is 1. The molecule has 3 N–H and O–H groups in total. The van der Waals surface area contributed by atoms with E-state index in [4.69, 9.17) is 5.84 Å². The Labute approximate surface area is 114 Å². The molecule has 0 bridgehead atoms. The Morgan fingerprint density at radius 1 is 1.30 bits per heavy atom. The summed E-state index contributed by atoms with van der Waals surface area (Å²) >= 11 is 0. The van der Waals surface area contributed by atoms with Gasteiger partial charge in [-0.3, -0.25) is 20.8 Å². The topological polar surface area (TPSA) is 103 Å². The molecule has 0 unspecified atom stereocenters. The third-order valence-corrected chi connectivity index (χ3v) is 3.07. The number of nitrogens with two attached hydrogens (primary N) is 1. The molecule has 0 aliphatic heterocycles. The van der Waals surface area contributed by atoms with Crippen LogP contribution >= 0.6 is 0 Å². The van der Waals surface area contributed by atoms with Gasteiger partial charge in [-0.25, -0.2) is 0 Å². The number of hydrogen-bond donors (Lipinski definition) is 2. The molecule has 1 aromatic heterocycles. The molecule has 0 saturated heterocycles. The van der Waals surface area contributed by atoms with Crippen LogP contribution in [0.3, 0.4) is 0 Å². The number of hydrogen-bond acceptors (Lipinski definition) is 5. The quantitative estimate of drug-likeness (QED) is 0.498. The molecule has 0 radical (unpaired) electrons. The average Bonchev–Trinajstić information content (AvgIpc) is 2.42. The van der Waals surface area contributed by atoms with Crippen molar-refractivity contribution < 1.29 is 4.92 Å². The van der Waals surface area contributed by atoms with Crippen LogP contribution < -0.4 is 16.8 Å². The number of hydrazine groups is 1. The number of nitro groups is 1. The normalized spacial score (nSPS) is 10.3. The molecule has 0 amide bonds. The third-order valence-electron chi connectivity index (χ3n) is 3.07. The van der Waals surface area contributed by atoms with Crippen LogP contribution in [0.4, 0.5) is 11.4 Å². The molecule has 1 heterocycles. The number of nitrogen functional groups attached to an aromatic ring is 1. The summed E-state index contributed by atoms with van der Waals surface area (Å²) in [6.07, 6.45) is 0. The molecule has 0 saturated carbocycles. The standard InChI is InChI=1S/C13H14N4O3/c1-9-4-2-7-12(18)16(9)8-10-5-3-6-11(17(19)20)13(10)15-14/h2-7,15H,8,14H2,1H3. The molecule has 0 spiro atoms. The second kappa shape index (κ2) is 5.54. The molecule has 104 valence electrons. The number of nitrogens with zero attached hydrogens (tertiary/aromatic N) is 2. The highest BCUT2D eigenvalue weighted by atomic mass is 16.6. The first-order chi connectivity index (χ1) is 9.54. The van der Waals surface area contributed by atoms with Crippen molar-refractivity contribution in [3.63, 3.8) is 0 Å². The Morgan fingerprint density at radius 3 is 2.60 bits per heavy atom. The zero-order chi connectivity index (χ0) is 14.7. The first kappa shape index (κ1) is 13.8. The Hall–Kier alpha value is -2.67. The number of anilines is 1. The molecule has 0 fully saturated rings. The van der Waals surface area contributed by atoms with Crippen LogP contribution in [0.2, 0.25) is 0 Å². The third kappa shape index (κ3) is 2.52. The number of aromatic nitrogens is 1. The summed E-state index contributed by atoms with van der Waals surface area (Å²) in [5, 5.41) is 11.0. The molecule has 0 aliphatic carbocycles. The van der Waals surface area contributed by atoms with Crippen molar-refractivity contribution in [3.05, 3.63) is 68.1 Å². The van der Waals surface area contributed by atoms with E-state index in [0.29, 0.717) is 5.56 Å². The second-order valence-corrected chi connectivity index (χ2v) is 4.30. The summed E-state index contributed by atoms with van der Waals surface area (Å²) < 4.78 is 1.53.